The van der Waals surface area contributed by atoms with Crippen LogP contribution in [0.3, 0.4) is 0 Å². The van der Waals surface area contributed by atoms with Crippen LogP contribution in [-0.4, -0.2) is 41.0 Å². The van der Waals surface area contributed by atoms with Crippen LogP contribution in [-0.2, 0) is 0 Å². The lowest BCUT2D eigenvalue weighted by atomic mass is 10.1. The van der Waals surface area contributed by atoms with Crippen molar-refractivity contribution in [2.75, 3.05) is 18.0 Å². The van der Waals surface area contributed by atoms with Gasteiger partial charge < -0.3 is 9.80 Å². The van der Waals surface area contributed by atoms with Crippen molar-refractivity contribution in [3.05, 3.63) is 70.3 Å². The van der Waals surface area contributed by atoms with Gasteiger partial charge >= 0.3 is 0 Å². The van der Waals surface area contributed by atoms with E-state index in [9.17, 15) is 13.6 Å². The molecule has 2 atom stereocenters. The zero-order valence-electron chi connectivity index (χ0n) is 15.5. The maximum atomic E-state index is 13.7. The van der Waals surface area contributed by atoms with Gasteiger partial charge in [-0.15, -0.1) is 0 Å². The van der Waals surface area contributed by atoms with E-state index >= 15 is 0 Å². The largest absolute Gasteiger partial charge is 0.362 e. The van der Waals surface area contributed by atoms with E-state index < -0.39 is 11.6 Å². The van der Waals surface area contributed by atoms with E-state index in [1.165, 1.54) is 12.1 Å². The van der Waals surface area contributed by atoms with Crippen LogP contribution in [0.5, 0.6) is 0 Å². The molecule has 148 valence electrons. The molecule has 3 heterocycles. The average Bonchev–Trinajstić information content (AvgIpc) is 2.98. The van der Waals surface area contributed by atoms with E-state index in [2.05, 4.69) is 25.8 Å². The van der Waals surface area contributed by atoms with E-state index in [0.717, 1.165) is 28.2 Å². The molecule has 2 fully saturated rings. The van der Waals surface area contributed by atoms with Crippen LogP contribution in [0.25, 0.3) is 10.9 Å². The molecule has 1 amide bonds. The maximum absolute atomic E-state index is 13.7. The van der Waals surface area contributed by atoms with Gasteiger partial charge in [0.05, 0.1) is 11.1 Å². The number of benzene rings is 2. The Kier molecular flexibility index (Phi) is 4.50. The van der Waals surface area contributed by atoms with Crippen molar-refractivity contribution in [3.63, 3.8) is 0 Å². The summed E-state index contributed by atoms with van der Waals surface area (Å²) in [4.78, 5) is 21.7. The van der Waals surface area contributed by atoms with Crippen molar-refractivity contribution in [3.8, 4) is 0 Å². The molecule has 0 aliphatic carbocycles. The van der Waals surface area contributed by atoms with E-state index in [0.29, 0.717) is 24.3 Å². The smallest absolute Gasteiger partial charge is 0.254 e. The number of rotatable bonds is 2. The minimum absolute atomic E-state index is 0.0164. The summed E-state index contributed by atoms with van der Waals surface area (Å²) in [5.41, 5.74) is 2.10. The standard InChI is InChI=1S/C22H18BrF2N3O/c23-13-1-6-21-18(9-13)17(7-8-26-21)22(29)27-11-15-2-3-16(12-27)28(15)14-4-5-19(24)20(25)10-14/h1,4-10,15-16H,2-3,11-12H2. The fourth-order valence-corrected chi connectivity index (χ4v) is 4.97. The van der Waals surface area contributed by atoms with E-state index in [1.807, 2.05) is 23.1 Å². The molecule has 0 saturated carbocycles. The number of nitrogens with zero attached hydrogens (tertiary/aromatic N) is 3. The predicted molar refractivity (Wildman–Crippen MR) is 111 cm³/mol. The summed E-state index contributed by atoms with van der Waals surface area (Å²) in [5, 5.41) is 0.822. The van der Waals surface area contributed by atoms with Crippen LogP contribution in [0.4, 0.5) is 14.5 Å². The summed E-state index contributed by atoms with van der Waals surface area (Å²) in [5.74, 6) is -1.70. The number of piperazine rings is 1. The van der Waals surface area contributed by atoms with Crippen molar-refractivity contribution in [1.29, 1.82) is 0 Å². The summed E-state index contributed by atoms with van der Waals surface area (Å²) < 4.78 is 28.0. The highest BCUT2D eigenvalue weighted by Crippen LogP contribution is 2.36. The van der Waals surface area contributed by atoms with Gasteiger partial charge in [-0.2, -0.15) is 0 Å². The zero-order chi connectivity index (χ0) is 20.1. The molecule has 2 bridgehead atoms. The number of hydrogen-bond donors (Lipinski definition) is 0. The van der Waals surface area contributed by atoms with Crippen LogP contribution < -0.4 is 4.90 Å². The molecule has 4 nitrogen and oxygen atoms in total. The maximum Gasteiger partial charge on any atom is 0.254 e. The molecular formula is C22H18BrF2N3O. The molecule has 0 radical (unpaired) electrons. The van der Waals surface area contributed by atoms with E-state index in [-0.39, 0.29) is 18.0 Å². The van der Waals surface area contributed by atoms with Gasteiger partial charge in [0.15, 0.2) is 11.6 Å². The predicted octanol–water partition coefficient (Wildman–Crippen LogP) is 4.77. The Morgan fingerprint density at radius 1 is 1.00 bits per heavy atom. The summed E-state index contributed by atoms with van der Waals surface area (Å²) >= 11 is 3.47. The molecule has 3 aromatic rings. The number of aromatic nitrogens is 1. The first kappa shape index (κ1) is 18.5. The first-order valence-electron chi connectivity index (χ1n) is 9.58. The van der Waals surface area contributed by atoms with Crippen LogP contribution in [0, 0.1) is 11.6 Å². The van der Waals surface area contributed by atoms with Gasteiger partial charge in [0.2, 0.25) is 0 Å². The van der Waals surface area contributed by atoms with E-state index in [1.54, 1.807) is 18.3 Å². The van der Waals surface area contributed by atoms with E-state index in [4.69, 9.17) is 0 Å². The van der Waals surface area contributed by atoms with Crippen LogP contribution in [0.2, 0.25) is 0 Å². The normalized spacial score (nSPS) is 21.1. The summed E-state index contributed by atoms with van der Waals surface area (Å²) in [6, 6.07) is 11.7. The van der Waals surface area contributed by atoms with Gasteiger partial charge in [0.25, 0.3) is 5.91 Å². The number of fused-ring (bicyclic) bond motifs is 3. The number of anilines is 1. The fraction of sp³-hybridized carbons (Fsp3) is 0.273. The molecule has 29 heavy (non-hydrogen) atoms. The van der Waals surface area contributed by atoms with Gasteiger partial charge in [-0.25, -0.2) is 8.78 Å². The lowest BCUT2D eigenvalue weighted by Crippen LogP contribution is -2.55. The van der Waals surface area contributed by atoms with Crippen molar-refractivity contribution in [2.24, 2.45) is 0 Å². The second-order valence-electron chi connectivity index (χ2n) is 7.62. The van der Waals surface area contributed by atoms with Crippen LogP contribution >= 0.6 is 15.9 Å². The number of pyridine rings is 1. The Bertz CT molecular complexity index is 1110. The number of hydrogen-bond acceptors (Lipinski definition) is 3. The van der Waals surface area contributed by atoms with Crippen molar-refractivity contribution >= 4 is 38.4 Å². The van der Waals surface area contributed by atoms with Crippen molar-refractivity contribution in [2.45, 2.75) is 24.9 Å². The molecule has 2 unspecified atom stereocenters. The second-order valence-corrected chi connectivity index (χ2v) is 8.54. The third-order valence-electron chi connectivity index (χ3n) is 5.90. The molecule has 0 N–H and O–H groups in total. The summed E-state index contributed by atoms with van der Waals surface area (Å²) in [6.45, 7) is 1.12. The monoisotopic (exact) mass is 457 g/mol. The molecule has 7 heteroatoms. The lowest BCUT2D eigenvalue weighted by molar-refractivity contribution is 0.0720. The molecule has 2 aromatic carbocycles. The Balaban J connectivity index is 1.43. The number of halogens is 3. The van der Waals surface area contributed by atoms with Gasteiger partial charge in [-0.05, 0) is 49.2 Å². The first-order chi connectivity index (χ1) is 14.0. The third-order valence-corrected chi connectivity index (χ3v) is 6.40. The average molecular weight is 458 g/mol. The second kappa shape index (κ2) is 7.06. The molecule has 0 spiro atoms. The first-order valence-corrected chi connectivity index (χ1v) is 10.4. The zero-order valence-corrected chi connectivity index (χ0v) is 17.1. The summed E-state index contributed by atoms with van der Waals surface area (Å²) in [6.07, 6.45) is 3.52. The molecule has 5 rings (SSSR count). The Morgan fingerprint density at radius 3 is 2.48 bits per heavy atom. The molecule has 2 saturated heterocycles. The van der Waals surface area contributed by atoms with Crippen LogP contribution in [0.15, 0.2) is 53.1 Å². The Hall–Kier alpha value is -2.54. The number of carbonyl (C=O) groups excluding carboxylic acids is 1. The molecule has 1 aromatic heterocycles. The van der Waals surface area contributed by atoms with Gasteiger partial charge in [0.1, 0.15) is 0 Å². The van der Waals surface area contributed by atoms with Gasteiger partial charge in [-0.1, -0.05) is 15.9 Å². The molecular weight excluding hydrogens is 440 g/mol. The Labute approximate surface area is 175 Å². The topological polar surface area (TPSA) is 36.4 Å². The SMILES string of the molecule is O=C(c1ccnc2ccc(Br)cc12)N1CC2CCC(C1)N2c1ccc(F)c(F)c1. The van der Waals surface area contributed by atoms with Crippen molar-refractivity contribution in [1.82, 2.24) is 9.88 Å². The highest BCUT2D eigenvalue weighted by molar-refractivity contribution is 9.10. The fourth-order valence-electron chi connectivity index (χ4n) is 4.61. The number of likely N-dealkylation sites (tertiary alicyclic amines) is 1. The highest BCUT2D eigenvalue weighted by atomic mass is 79.9. The Morgan fingerprint density at radius 2 is 1.76 bits per heavy atom. The van der Waals surface area contributed by atoms with Crippen LogP contribution in [0.1, 0.15) is 23.2 Å². The third kappa shape index (κ3) is 3.17. The minimum atomic E-state index is -0.842. The number of carbonyl (C=O) groups is 1. The van der Waals surface area contributed by atoms with Gasteiger partial charge in [0, 0.05) is 53.0 Å². The number of amides is 1. The molecule has 2 aliphatic heterocycles. The molecule has 2 aliphatic rings. The highest BCUT2D eigenvalue weighted by Gasteiger charge is 2.42. The summed E-state index contributed by atoms with van der Waals surface area (Å²) in [7, 11) is 0. The quantitative estimate of drug-likeness (QED) is 0.556. The minimum Gasteiger partial charge on any atom is -0.362 e. The van der Waals surface area contributed by atoms with Crippen molar-refractivity contribution < 1.29 is 13.6 Å². The lowest BCUT2D eigenvalue weighted by Gasteiger charge is -2.42. The van der Waals surface area contributed by atoms with Gasteiger partial charge in [-0.3, -0.25) is 9.78 Å².